The zero-order valence-corrected chi connectivity index (χ0v) is 7.73. The summed E-state index contributed by atoms with van der Waals surface area (Å²) in [5.41, 5.74) is 6.66. The Morgan fingerprint density at radius 1 is 1.46 bits per heavy atom. The van der Waals surface area contributed by atoms with Crippen molar-refractivity contribution in [2.45, 2.75) is 31.9 Å². The van der Waals surface area contributed by atoms with Crippen molar-refractivity contribution < 1.29 is 4.74 Å². The summed E-state index contributed by atoms with van der Waals surface area (Å²) in [5, 5.41) is 0. The predicted molar refractivity (Wildman–Crippen MR) is 50.6 cm³/mol. The molecule has 1 fully saturated rings. The van der Waals surface area contributed by atoms with Gasteiger partial charge in [-0.25, -0.2) is 0 Å². The first-order valence-electron chi connectivity index (χ1n) is 4.59. The van der Waals surface area contributed by atoms with Crippen LogP contribution in [-0.4, -0.2) is 17.1 Å². The Hall–Kier alpha value is -1.09. The Morgan fingerprint density at radius 2 is 2.23 bits per heavy atom. The molecule has 0 aromatic carbocycles. The fraction of sp³-hybridized carbons (Fsp3) is 0.500. The first-order valence-corrected chi connectivity index (χ1v) is 4.59. The van der Waals surface area contributed by atoms with E-state index in [1.54, 1.807) is 6.20 Å². The molecule has 70 valence electrons. The van der Waals surface area contributed by atoms with Crippen LogP contribution >= 0.6 is 0 Å². The summed E-state index contributed by atoms with van der Waals surface area (Å²) in [4.78, 5) is 4.15. The summed E-state index contributed by atoms with van der Waals surface area (Å²) in [6.45, 7) is 1.96. The zero-order chi connectivity index (χ0) is 9.26. The molecule has 3 nitrogen and oxygen atoms in total. The summed E-state index contributed by atoms with van der Waals surface area (Å²) in [7, 11) is 0. The van der Waals surface area contributed by atoms with E-state index in [0.717, 1.165) is 24.3 Å². The van der Waals surface area contributed by atoms with Gasteiger partial charge in [-0.1, -0.05) is 0 Å². The number of nitrogens with zero attached hydrogens (tertiary/aromatic N) is 1. The number of aryl methyl sites for hydroxylation is 1. The molecule has 2 N–H and O–H groups in total. The highest BCUT2D eigenvalue weighted by atomic mass is 16.5. The lowest BCUT2D eigenvalue weighted by atomic mass is 9.90. The average Bonchev–Trinajstić information content (AvgIpc) is 2.06. The quantitative estimate of drug-likeness (QED) is 0.741. The van der Waals surface area contributed by atoms with Crippen molar-refractivity contribution in [2.75, 3.05) is 0 Å². The van der Waals surface area contributed by atoms with E-state index < -0.39 is 0 Å². The van der Waals surface area contributed by atoms with Crippen molar-refractivity contribution in [1.82, 2.24) is 4.98 Å². The Kier molecular flexibility index (Phi) is 2.19. The monoisotopic (exact) mass is 178 g/mol. The van der Waals surface area contributed by atoms with Crippen LogP contribution in [0.1, 0.15) is 18.5 Å². The molecule has 0 saturated heterocycles. The van der Waals surface area contributed by atoms with Gasteiger partial charge in [-0.15, -0.1) is 0 Å². The number of rotatable bonds is 2. The van der Waals surface area contributed by atoms with E-state index in [-0.39, 0.29) is 0 Å². The molecular weight excluding hydrogens is 164 g/mol. The van der Waals surface area contributed by atoms with E-state index in [2.05, 4.69) is 4.98 Å². The number of pyridine rings is 1. The summed E-state index contributed by atoms with van der Waals surface area (Å²) in [5.74, 6) is 0.850. The van der Waals surface area contributed by atoms with Crippen LogP contribution in [0.3, 0.4) is 0 Å². The minimum Gasteiger partial charge on any atom is -0.489 e. The van der Waals surface area contributed by atoms with Crippen LogP contribution in [0.2, 0.25) is 0 Å². The SMILES string of the molecule is Cc1ccc(O[C@H]2C[C@H](N)C2)cn1. The number of hydrogen-bond acceptors (Lipinski definition) is 3. The maximum Gasteiger partial charge on any atom is 0.138 e. The highest BCUT2D eigenvalue weighted by molar-refractivity contribution is 5.19. The first-order chi connectivity index (χ1) is 6.24. The molecule has 0 aliphatic heterocycles. The maximum atomic E-state index is 5.65. The molecular formula is C10H14N2O. The summed E-state index contributed by atoms with van der Waals surface area (Å²) >= 11 is 0. The Labute approximate surface area is 77.9 Å². The lowest BCUT2D eigenvalue weighted by Gasteiger charge is -2.32. The van der Waals surface area contributed by atoms with E-state index in [9.17, 15) is 0 Å². The van der Waals surface area contributed by atoms with Crippen LogP contribution < -0.4 is 10.5 Å². The molecule has 13 heavy (non-hydrogen) atoms. The molecule has 0 radical (unpaired) electrons. The van der Waals surface area contributed by atoms with Gasteiger partial charge in [-0.3, -0.25) is 4.98 Å². The third-order valence-electron chi connectivity index (χ3n) is 2.32. The van der Waals surface area contributed by atoms with Crippen LogP contribution in [0.15, 0.2) is 18.3 Å². The average molecular weight is 178 g/mol. The van der Waals surface area contributed by atoms with Gasteiger partial charge in [0.1, 0.15) is 11.9 Å². The van der Waals surface area contributed by atoms with E-state index in [4.69, 9.17) is 10.5 Å². The van der Waals surface area contributed by atoms with Crippen molar-refractivity contribution in [1.29, 1.82) is 0 Å². The molecule has 1 aromatic rings. The molecule has 0 unspecified atom stereocenters. The smallest absolute Gasteiger partial charge is 0.138 e. The first kappa shape index (κ1) is 8.51. The highest BCUT2D eigenvalue weighted by Crippen LogP contribution is 2.23. The van der Waals surface area contributed by atoms with Gasteiger partial charge in [-0.05, 0) is 31.9 Å². The van der Waals surface area contributed by atoms with Crippen LogP contribution in [0, 0.1) is 6.92 Å². The van der Waals surface area contributed by atoms with Crippen LogP contribution in [0.25, 0.3) is 0 Å². The van der Waals surface area contributed by atoms with Crippen molar-refractivity contribution >= 4 is 0 Å². The third kappa shape index (κ3) is 1.98. The van der Waals surface area contributed by atoms with Gasteiger partial charge in [0.2, 0.25) is 0 Å². The summed E-state index contributed by atoms with van der Waals surface area (Å²) in [6, 6.07) is 4.24. The number of ether oxygens (including phenoxy) is 1. The van der Waals surface area contributed by atoms with E-state index in [0.29, 0.717) is 12.1 Å². The Balaban J connectivity index is 1.91. The second-order valence-corrected chi connectivity index (χ2v) is 3.61. The second kappa shape index (κ2) is 3.34. The molecule has 0 atom stereocenters. The molecule has 0 amide bonds. The van der Waals surface area contributed by atoms with Crippen LogP contribution in [-0.2, 0) is 0 Å². The number of aromatic nitrogens is 1. The van der Waals surface area contributed by atoms with Gasteiger partial charge < -0.3 is 10.5 Å². The topological polar surface area (TPSA) is 48.1 Å². The molecule has 1 aliphatic carbocycles. The second-order valence-electron chi connectivity index (χ2n) is 3.61. The summed E-state index contributed by atoms with van der Waals surface area (Å²) in [6.07, 6.45) is 4.00. The largest absolute Gasteiger partial charge is 0.489 e. The van der Waals surface area contributed by atoms with E-state index in [1.807, 2.05) is 19.1 Å². The van der Waals surface area contributed by atoms with Gasteiger partial charge in [0, 0.05) is 11.7 Å². The van der Waals surface area contributed by atoms with Gasteiger partial charge in [0.25, 0.3) is 0 Å². The standard InChI is InChI=1S/C10H14N2O/c1-7-2-3-9(6-12-7)13-10-4-8(11)5-10/h2-3,6,8,10H,4-5,11H2,1H3/t8-,10-. The minimum absolute atomic E-state index is 0.305. The molecule has 0 bridgehead atoms. The van der Waals surface area contributed by atoms with Gasteiger partial charge in [0.15, 0.2) is 0 Å². The van der Waals surface area contributed by atoms with Crippen LogP contribution in [0.5, 0.6) is 5.75 Å². The fourth-order valence-electron chi connectivity index (χ4n) is 1.42. The number of hydrogen-bond donors (Lipinski definition) is 1. The minimum atomic E-state index is 0.305. The van der Waals surface area contributed by atoms with Crippen molar-refractivity contribution in [2.24, 2.45) is 5.73 Å². The zero-order valence-electron chi connectivity index (χ0n) is 7.73. The van der Waals surface area contributed by atoms with Crippen molar-refractivity contribution in [3.8, 4) is 5.75 Å². The Morgan fingerprint density at radius 3 is 2.77 bits per heavy atom. The molecule has 3 heteroatoms. The lowest BCUT2D eigenvalue weighted by molar-refractivity contribution is 0.100. The Bertz CT molecular complexity index is 277. The fourth-order valence-corrected chi connectivity index (χ4v) is 1.42. The highest BCUT2D eigenvalue weighted by Gasteiger charge is 2.27. The third-order valence-corrected chi connectivity index (χ3v) is 2.32. The van der Waals surface area contributed by atoms with Crippen molar-refractivity contribution in [3.05, 3.63) is 24.0 Å². The van der Waals surface area contributed by atoms with Gasteiger partial charge in [-0.2, -0.15) is 0 Å². The maximum absolute atomic E-state index is 5.65. The lowest BCUT2D eigenvalue weighted by Crippen LogP contribution is -2.43. The molecule has 1 aliphatic rings. The summed E-state index contributed by atoms with van der Waals surface area (Å²) < 4.78 is 5.63. The van der Waals surface area contributed by atoms with Crippen LogP contribution in [0.4, 0.5) is 0 Å². The van der Waals surface area contributed by atoms with Gasteiger partial charge >= 0.3 is 0 Å². The molecule has 2 rings (SSSR count). The molecule has 1 heterocycles. The van der Waals surface area contributed by atoms with E-state index in [1.165, 1.54) is 0 Å². The molecule has 1 aromatic heterocycles. The van der Waals surface area contributed by atoms with Crippen molar-refractivity contribution in [3.63, 3.8) is 0 Å². The van der Waals surface area contributed by atoms with E-state index >= 15 is 0 Å². The van der Waals surface area contributed by atoms with Gasteiger partial charge in [0.05, 0.1) is 6.20 Å². The molecule has 0 spiro atoms. The normalized spacial score (nSPS) is 26.6. The molecule has 1 saturated carbocycles. The number of nitrogens with two attached hydrogens (primary N) is 1. The predicted octanol–water partition coefficient (Wildman–Crippen LogP) is 1.26.